The van der Waals surface area contributed by atoms with Crippen molar-refractivity contribution in [1.29, 1.82) is 0 Å². The fraction of sp³-hybridized carbons (Fsp3) is 0.462. The molecule has 0 saturated heterocycles. The Morgan fingerprint density at radius 2 is 2.18 bits per heavy atom. The Balaban J connectivity index is 1.59. The van der Waals surface area contributed by atoms with E-state index in [0.717, 1.165) is 19.4 Å². The summed E-state index contributed by atoms with van der Waals surface area (Å²) >= 11 is 5.93. The third-order valence-electron chi connectivity index (χ3n) is 3.71. The largest absolute Gasteiger partial charge is 0.253 e. The second kappa shape index (κ2) is 5.94. The molecule has 7 nitrogen and oxygen atoms in total. The van der Waals surface area contributed by atoms with Gasteiger partial charge in [-0.1, -0.05) is 11.6 Å². The zero-order valence-corrected chi connectivity index (χ0v) is 13.5. The molecule has 2 aromatic heterocycles. The van der Waals surface area contributed by atoms with Crippen molar-refractivity contribution in [3.05, 3.63) is 35.6 Å². The van der Waals surface area contributed by atoms with E-state index in [-0.39, 0.29) is 16.1 Å². The summed E-state index contributed by atoms with van der Waals surface area (Å²) < 4.78 is 29.1. The molecule has 3 rings (SSSR count). The Hall–Kier alpha value is -1.51. The number of hydrogen-bond acceptors (Lipinski definition) is 5. The molecule has 0 atom stereocenters. The van der Waals surface area contributed by atoms with E-state index in [9.17, 15) is 8.42 Å². The molecule has 0 unspecified atom stereocenters. The molecular formula is C13H16ClN5O2S. The van der Waals surface area contributed by atoms with Crippen LogP contribution in [-0.4, -0.2) is 34.2 Å². The maximum atomic E-state index is 12.3. The minimum atomic E-state index is -3.63. The monoisotopic (exact) mass is 341 g/mol. The molecule has 0 radical (unpaired) electrons. The van der Waals surface area contributed by atoms with E-state index in [2.05, 4.69) is 19.8 Å². The van der Waals surface area contributed by atoms with Gasteiger partial charge in [-0.3, -0.25) is 4.68 Å². The minimum absolute atomic E-state index is 0.00555. The van der Waals surface area contributed by atoms with Gasteiger partial charge in [-0.05, 0) is 37.8 Å². The molecule has 1 aliphatic carbocycles. The molecule has 9 heteroatoms. The van der Waals surface area contributed by atoms with Crippen molar-refractivity contribution in [2.45, 2.75) is 37.2 Å². The molecule has 118 valence electrons. The zero-order chi connectivity index (χ0) is 15.7. The van der Waals surface area contributed by atoms with Crippen LogP contribution in [0.2, 0.25) is 5.15 Å². The number of hydrogen-bond donors (Lipinski definition) is 1. The zero-order valence-electron chi connectivity index (χ0n) is 12.0. The number of halogens is 1. The molecule has 1 N–H and O–H groups in total. The van der Waals surface area contributed by atoms with Gasteiger partial charge in [-0.25, -0.2) is 23.1 Å². The predicted molar refractivity (Wildman–Crippen MR) is 80.8 cm³/mol. The number of aromatic nitrogens is 4. The molecule has 0 spiro atoms. The molecule has 22 heavy (non-hydrogen) atoms. The summed E-state index contributed by atoms with van der Waals surface area (Å²) in [6, 6.07) is 3.05. The molecular weight excluding hydrogens is 326 g/mol. The molecule has 0 bridgehead atoms. The third-order valence-corrected chi connectivity index (χ3v) is 5.66. The van der Waals surface area contributed by atoms with Gasteiger partial charge in [0.05, 0.1) is 0 Å². The summed E-state index contributed by atoms with van der Waals surface area (Å²) in [6.45, 7) is 2.52. The van der Waals surface area contributed by atoms with Gasteiger partial charge in [-0.15, -0.1) is 0 Å². The van der Waals surface area contributed by atoms with E-state index >= 15 is 0 Å². The third kappa shape index (κ3) is 3.29. The average molecular weight is 342 g/mol. The topological polar surface area (TPSA) is 89.8 Å². The van der Waals surface area contributed by atoms with E-state index < -0.39 is 10.0 Å². The van der Waals surface area contributed by atoms with Gasteiger partial charge < -0.3 is 0 Å². The standard InChI is InChI=1S/C13H16ClN5O2S/c1-9-2-3-12(13(14)17-9)22(20,21)18-11-4-10(5-11)6-19-8-15-7-16-19/h2-3,7-8,10-11,18H,4-6H2,1H3. The fourth-order valence-electron chi connectivity index (χ4n) is 2.57. The normalized spacial score (nSPS) is 21.5. The highest BCUT2D eigenvalue weighted by atomic mass is 35.5. The van der Waals surface area contributed by atoms with Crippen molar-refractivity contribution in [2.24, 2.45) is 5.92 Å². The fourth-order valence-corrected chi connectivity index (χ4v) is 4.34. The quantitative estimate of drug-likeness (QED) is 0.830. The number of sulfonamides is 1. The van der Waals surface area contributed by atoms with Crippen LogP contribution in [0.4, 0.5) is 0 Å². The summed E-state index contributed by atoms with van der Waals surface area (Å²) in [5.74, 6) is 0.404. The van der Waals surface area contributed by atoms with Gasteiger partial charge in [0.15, 0.2) is 0 Å². The van der Waals surface area contributed by atoms with E-state index in [4.69, 9.17) is 11.6 Å². The number of rotatable bonds is 5. The van der Waals surface area contributed by atoms with Gasteiger partial charge in [0.25, 0.3) is 0 Å². The van der Waals surface area contributed by atoms with E-state index in [1.54, 1.807) is 24.0 Å². The number of aryl methyl sites for hydroxylation is 1. The first-order valence-electron chi connectivity index (χ1n) is 6.92. The highest BCUT2D eigenvalue weighted by Gasteiger charge is 2.33. The van der Waals surface area contributed by atoms with Crippen molar-refractivity contribution in [1.82, 2.24) is 24.5 Å². The first kappa shape index (κ1) is 15.4. The van der Waals surface area contributed by atoms with Crippen LogP contribution in [0.25, 0.3) is 0 Å². The van der Waals surface area contributed by atoms with E-state index in [1.807, 2.05) is 0 Å². The Bertz CT molecular complexity index is 757. The van der Waals surface area contributed by atoms with Crippen molar-refractivity contribution in [3.8, 4) is 0 Å². The van der Waals surface area contributed by atoms with Gasteiger partial charge in [-0.2, -0.15) is 5.10 Å². The second-order valence-corrected chi connectivity index (χ2v) is 7.56. The van der Waals surface area contributed by atoms with Crippen LogP contribution in [0, 0.1) is 12.8 Å². The first-order chi connectivity index (χ1) is 10.4. The Labute approximate surface area is 133 Å². The molecule has 2 heterocycles. The van der Waals surface area contributed by atoms with Crippen LogP contribution < -0.4 is 4.72 Å². The molecule has 0 aliphatic heterocycles. The molecule has 1 saturated carbocycles. The summed E-state index contributed by atoms with van der Waals surface area (Å²) in [7, 11) is -3.63. The highest BCUT2D eigenvalue weighted by Crippen LogP contribution is 2.30. The molecule has 0 amide bonds. The smallest absolute Gasteiger partial charge is 0.243 e. The van der Waals surface area contributed by atoms with Crippen LogP contribution in [0.15, 0.2) is 29.7 Å². The highest BCUT2D eigenvalue weighted by molar-refractivity contribution is 7.89. The van der Waals surface area contributed by atoms with Crippen molar-refractivity contribution >= 4 is 21.6 Å². The lowest BCUT2D eigenvalue weighted by Gasteiger charge is -2.35. The van der Waals surface area contributed by atoms with Crippen molar-refractivity contribution in [2.75, 3.05) is 0 Å². The Morgan fingerprint density at radius 1 is 1.41 bits per heavy atom. The molecule has 0 aromatic carbocycles. The Morgan fingerprint density at radius 3 is 2.82 bits per heavy atom. The number of nitrogens with zero attached hydrogens (tertiary/aromatic N) is 4. The van der Waals surface area contributed by atoms with Crippen LogP contribution in [0.5, 0.6) is 0 Å². The second-order valence-electron chi connectivity index (χ2n) is 5.51. The summed E-state index contributed by atoms with van der Waals surface area (Å²) in [4.78, 5) is 7.90. The lowest BCUT2D eigenvalue weighted by Crippen LogP contribution is -2.45. The average Bonchev–Trinajstić information content (AvgIpc) is 2.88. The van der Waals surface area contributed by atoms with Crippen molar-refractivity contribution in [3.63, 3.8) is 0 Å². The van der Waals surface area contributed by atoms with Crippen LogP contribution in [0.3, 0.4) is 0 Å². The van der Waals surface area contributed by atoms with Crippen LogP contribution in [-0.2, 0) is 16.6 Å². The van der Waals surface area contributed by atoms with Crippen LogP contribution >= 0.6 is 11.6 Å². The van der Waals surface area contributed by atoms with Crippen LogP contribution in [0.1, 0.15) is 18.5 Å². The maximum absolute atomic E-state index is 12.3. The lowest BCUT2D eigenvalue weighted by atomic mass is 9.81. The number of nitrogens with one attached hydrogen (secondary N) is 1. The van der Waals surface area contributed by atoms with Gasteiger partial charge in [0.1, 0.15) is 22.7 Å². The summed E-state index contributed by atoms with van der Waals surface area (Å²) in [5.41, 5.74) is 0.681. The number of pyridine rings is 1. The SMILES string of the molecule is Cc1ccc(S(=O)(=O)NC2CC(Cn3cncn3)C2)c(Cl)n1. The van der Waals surface area contributed by atoms with Gasteiger partial charge in [0.2, 0.25) is 10.0 Å². The van der Waals surface area contributed by atoms with E-state index in [0.29, 0.717) is 11.6 Å². The maximum Gasteiger partial charge on any atom is 0.243 e. The molecule has 2 aromatic rings. The summed E-state index contributed by atoms with van der Waals surface area (Å²) in [6.07, 6.45) is 4.70. The predicted octanol–water partition coefficient (Wildman–Crippen LogP) is 1.39. The lowest BCUT2D eigenvalue weighted by molar-refractivity contribution is 0.213. The minimum Gasteiger partial charge on any atom is -0.253 e. The van der Waals surface area contributed by atoms with Crippen molar-refractivity contribution < 1.29 is 8.42 Å². The van der Waals surface area contributed by atoms with Gasteiger partial charge in [0, 0.05) is 18.3 Å². The first-order valence-corrected chi connectivity index (χ1v) is 8.78. The van der Waals surface area contributed by atoms with E-state index in [1.165, 1.54) is 12.4 Å². The van der Waals surface area contributed by atoms with Gasteiger partial charge >= 0.3 is 0 Å². The molecule has 1 aliphatic rings. The summed E-state index contributed by atoms with van der Waals surface area (Å²) in [5, 5.41) is 4.05. The molecule has 1 fully saturated rings. The Kier molecular flexibility index (Phi) is 4.16.